The molecule has 1 aliphatic rings. The van der Waals surface area contributed by atoms with Crippen molar-refractivity contribution < 1.29 is 18.0 Å². The number of carbonyl (C=O) groups is 1. The third kappa shape index (κ3) is 7.29. The summed E-state index contributed by atoms with van der Waals surface area (Å²) in [6.07, 6.45) is 7.65. The Morgan fingerprint density at radius 3 is 2.33 bits per heavy atom. The lowest BCUT2D eigenvalue weighted by atomic mass is 10.0. The Morgan fingerprint density at radius 1 is 0.935 bits per heavy atom. The summed E-state index contributed by atoms with van der Waals surface area (Å²) in [6, 6.07) is 22.9. The van der Waals surface area contributed by atoms with Crippen LogP contribution in [-0.4, -0.2) is 56.3 Å². The number of anilines is 2. The molecule has 6 rings (SSSR count). The molecule has 46 heavy (non-hydrogen) atoms. The number of pyridine rings is 2. The van der Waals surface area contributed by atoms with Crippen molar-refractivity contribution in [2.45, 2.75) is 38.1 Å². The van der Waals surface area contributed by atoms with E-state index in [9.17, 15) is 18.0 Å². The summed E-state index contributed by atoms with van der Waals surface area (Å²) in [6.45, 7) is 2.77. The van der Waals surface area contributed by atoms with Gasteiger partial charge in [0, 0.05) is 68.8 Å². The highest BCUT2D eigenvalue weighted by molar-refractivity contribution is 5.92. The number of rotatable bonds is 9. The van der Waals surface area contributed by atoms with Crippen molar-refractivity contribution in [3.05, 3.63) is 132 Å². The molecule has 1 fully saturated rings. The van der Waals surface area contributed by atoms with Crippen LogP contribution < -0.4 is 4.90 Å². The largest absolute Gasteiger partial charge is 0.416 e. The standard InChI is InChI=1S/C36H35F3N6O/c1-42(31-15-19-40-20-16-31)30-12-7-28(8-13-30)25-45(35(46)14-9-27-5-10-29(11-6-27)36(37,38)39)32-17-22-43(23-18-32)26-34-41-24-33-4-2-3-21-44(33)34/h2-16,19-21,24,32H,17-18,22-23,25-26H2,1H3/b14-9+. The molecule has 0 spiro atoms. The fraction of sp³-hybridized carbons (Fsp3) is 0.250. The van der Waals surface area contributed by atoms with Crippen molar-refractivity contribution >= 4 is 28.9 Å². The monoisotopic (exact) mass is 624 g/mol. The van der Waals surface area contributed by atoms with Crippen molar-refractivity contribution in [2.24, 2.45) is 0 Å². The molecular weight excluding hydrogens is 589 g/mol. The Balaban J connectivity index is 1.16. The van der Waals surface area contributed by atoms with Gasteiger partial charge in [0.05, 0.1) is 23.8 Å². The van der Waals surface area contributed by atoms with Gasteiger partial charge in [-0.05, 0) is 78.6 Å². The third-order valence-electron chi connectivity index (χ3n) is 8.54. The SMILES string of the molecule is CN(c1ccncc1)c1ccc(CN(C(=O)/C=C/c2ccc(C(F)(F)F)cc2)C2CCN(Cc3ncc4ccccn34)CC2)cc1. The first kappa shape index (κ1) is 31.0. The molecule has 0 radical (unpaired) electrons. The van der Waals surface area contributed by atoms with Crippen molar-refractivity contribution in [1.29, 1.82) is 0 Å². The van der Waals surface area contributed by atoms with E-state index in [1.165, 1.54) is 18.2 Å². The molecule has 4 heterocycles. The number of halogens is 3. The maximum Gasteiger partial charge on any atom is 0.416 e. The van der Waals surface area contributed by atoms with Gasteiger partial charge >= 0.3 is 6.18 Å². The Labute approximate surface area is 266 Å². The number of imidazole rings is 1. The van der Waals surface area contributed by atoms with E-state index in [4.69, 9.17) is 0 Å². The second-order valence-electron chi connectivity index (χ2n) is 11.5. The van der Waals surface area contributed by atoms with Crippen LogP contribution >= 0.6 is 0 Å². The van der Waals surface area contributed by atoms with E-state index in [1.807, 2.05) is 78.9 Å². The highest BCUT2D eigenvalue weighted by atomic mass is 19.4. The summed E-state index contributed by atoms with van der Waals surface area (Å²) in [5.41, 5.74) is 3.90. The van der Waals surface area contributed by atoms with Crippen LogP contribution in [0.5, 0.6) is 0 Å². The number of aromatic nitrogens is 3. The van der Waals surface area contributed by atoms with E-state index in [0.29, 0.717) is 12.1 Å². The van der Waals surface area contributed by atoms with Gasteiger partial charge in [0.15, 0.2) is 0 Å². The van der Waals surface area contributed by atoms with Gasteiger partial charge in [-0.3, -0.25) is 14.7 Å². The van der Waals surface area contributed by atoms with E-state index in [-0.39, 0.29) is 11.9 Å². The predicted octanol–water partition coefficient (Wildman–Crippen LogP) is 7.22. The summed E-state index contributed by atoms with van der Waals surface area (Å²) in [4.78, 5) is 28.7. The molecule has 0 saturated carbocycles. The number of nitrogens with zero attached hydrogens (tertiary/aromatic N) is 6. The first-order chi connectivity index (χ1) is 22.2. The number of fused-ring (bicyclic) bond motifs is 1. The maximum atomic E-state index is 13.7. The van der Waals surface area contributed by atoms with Crippen molar-refractivity contribution in [3.8, 4) is 0 Å². The fourth-order valence-corrected chi connectivity index (χ4v) is 5.88. The van der Waals surface area contributed by atoms with E-state index in [1.54, 1.807) is 18.5 Å². The Morgan fingerprint density at radius 2 is 1.63 bits per heavy atom. The molecule has 2 aromatic carbocycles. The molecule has 1 aliphatic heterocycles. The van der Waals surface area contributed by atoms with Crippen molar-refractivity contribution in [3.63, 3.8) is 0 Å². The number of carbonyl (C=O) groups excluding carboxylic acids is 1. The number of benzene rings is 2. The van der Waals surface area contributed by atoms with Gasteiger partial charge < -0.3 is 14.2 Å². The van der Waals surface area contributed by atoms with Crippen LogP contribution in [0.25, 0.3) is 11.6 Å². The average molecular weight is 625 g/mol. The lowest BCUT2D eigenvalue weighted by Gasteiger charge is -2.38. The number of amides is 1. The van der Waals surface area contributed by atoms with Gasteiger partial charge in [-0.2, -0.15) is 13.2 Å². The first-order valence-electron chi connectivity index (χ1n) is 15.3. The van der Waals surface area contributed by atoms with E-state index < -0.39 is 11.7 Å². The predicted molar refractivity (Wildman–Crippen MR) is 173 cm³/mol. The summed E-state index contributed by atoms with van der Waals surface area (Å²) in [5, 5.41) is 0. The Hall–Kier alpha value is -4.96. The van der Waals surface area contributed by atoms with Gasteiger partial charge in [0.2, 0.25) is 5.91 Å². The zero-order valence-electron chi connectivity index (χ0n) is 25.5. The third-order valence-corrected chi connectivity index (χ3v) is 8.54. The summed E-state index contributed by atoms with van der Waals surface area (Å²) in [5.74, 6) is 0.814. The number of hydrogen-bond acceptors (Lipinski definition) is 5. The lowest BCUT2D eigenvalue weighted by Crippen LogP contribution is -2.46. The lowest BCUT2D eigenvalue weighted by molar-refractivity contribution is -0.137. The van der Waals surface area contributed by atoms with Crippen LogP contribution in [0.3, 0.4) is 0 Å². The molecule has 0 N–H and O–H groups in total. The Kier molecular flexibility index (Phi) is 9.16. The van der Waals surface area contributed by atoms with Crippen molar-refractivity contribution in [2.75, 3.05) is 25.0 Å². The fourth-order valence-electron chi connectivity index (χ4n) is 5.88. The molecule has 5 aromatic rings. The first-order valence-corrected chi connectivity index (χ1v) is 15.3. The number of alkyl halides is 3. The molecule has 7 nitrogen and oxygen atoms in total. The second-order valence-corrected chi connectivity index (χ2v) is 11.5. The minimum atomic E-state index is -4.41. The van der Waals surface area contributed by atoms with E-state index in [2.05, 4.69) is 24.2 Å². The second kappa shape index (κ2) is 13.6. The van der Waals surface area contributed by atoms with Crippen molar-refractivity contribution in [1.82, 2.24) is 24.2 Å². The van der Waals surface area contributed by atoms with Gasteiger partial charge in [-0.1, -0.05) is 30.3 Å². The zero-order chi connectivity index (χ0) is 32.1. The summed E-state index contributed by atoms with van der Waals surface area (Å²) in [7, 11) is 1.99. The number of piperidine rings is 1. The topological polar surface area (TPSA) is 57.0 Å². The molecule has 3 aromatic heterocycles. The molecule has 0 bridgehead atoms. The highest BCUT2D eigenvalue weighted by Crippen LogP contribution is 2.29. The van der Waals surface area contributed by atoms with Crippen LogP contribution in [0.4, 0.5) is 24.5 Å². The van der Waals surface area contributed by atoms with Crippen LogP contribution in [-0.2, 0) is 24.1 Å². The van der Waals surface area contributed by atoms with Gasteiger partial charge in [-0.15, -0.1) is 0 Å². The minimum absolute atomic E-state index is 0.0113. The normalized spacial score (nSPS) is 14.6. The zero-order valence-corrected chi connectivity index (χ0v) is 25.5. The van der Waals surface area contributed by atoms with E-state index >= 15 is 0 Å². The number of likely N-dealkylation sites (tertiary alicyclic amines) is 1. The molecular formula is C36H35F3N6O. The summed E-state index contributed by atoms with van der Waals surface area (Å²) < 4.78 is 41.2. The van der Waals surface area contributed by atoms with Crippen LogP contribution in [0.15, 0.2) is 110 Å². The van der Waals surface area contributed by atoms with Crippen LogP contribution in [0.2, 0.25) is 0 Å². The van der Waals surface area contributed by atoms with Gasteiger partial charge in [0.25, 0.3) is 0 Å². The molecule has 1 saturated heterocycles. The molecule has 10 heteroatoms. The molecule has 0 aliphatic carbocycles. The smallest absolute Gasteiger partial charge is 0.345 e. The van der Waals surface area contributed by atoms with E-state index in [0.717, 1.165) is 72.9 Å². The van der Waals surface area contributed by atoms with Crippen LogP contribution in [0.1, 0.15) is 35.4 Å². The molecule has 236 valence electrons. The Bertz CT molecular complexity index is 1780. The van der Waals surface area contributed by atoms with Gasteiger partial charge in [0.1, 0.15) is 5.82 Å². The maximum absolute atomic E-state index is 13.7. The quantitative estimate of drug-likeness (QED) is 0.162. The van der Waals surface area contributed by atoms with Gasteiger partial charge in [-0.25, -0.2) is 4.98 Å². The highest BCUT2D eigenvalue weighted by Gasteiger charge is 2.30. The van der Waals surface area contributed by atoms with Crippen LogP contribution in [0, 0.1) is 0 Å². The average Bonchev–Trinajstić information content (AvgIpc) is 3.49. The molecule has 0 unspecified atom stereocenters. The molecule has 0 atom stereocenters. The molecule has 1 amide bonds. The number of hydrogen-bond donors (Lipinski definition) is 0. The summed E-state index contributed by atoms with van der Waals surface area (Å²) >= 11 is 0. The minimum Gasteiger partial charge on any atom is -0.345 e.